The number of nitrogens with two attached hydrogens (primary N) is 1. The van der Waals surface area contributed by atoms with Crippen molar-refractivity contribution in [2.45, 2.75) is 38.6 Å². The van der Waals surface area contributed by atoms with Gasteiger partial charge in [0.15, 0.2) is 0 Å². The first-order chi connectivity index (χ1) is 21.3. The Hall–Kier alpha value is -4.32. The van der Waals surface area contributed by atoms with E-state index < -0.39 is 5.82 Å². The second-order valence-electron chi connectivity index (χ2n) is 10.8. The summed E-state index contributed by atoms with van der Waals surface area (Å²) in [5, 5.41) is 8.15. The summed E-state index contributed by atoms with van der Waals surface area (Å²) >= 11 is 5.86. The number of nitrogens with zero attached hydrogens (tertiary/aromatic N) is 4. The van der Waals surface area contributed by atoms with Gasteiger partial charge in [0, 0.05) is 42.1 Å². The normalized spacial score (nSPS) is 16.8. The smallest absolute Gasteiger partial charge is 0.337 e. The zero-order chi connectivity index (χ0) is 30.8. The number of pyridine rings is 1. The van der Waals surface area contributed by atoms with Crippen LogP contribution in [0.2, 0.25) is 5.02 Å². The molecule has 0 bridgehead atoms. The van der Waals surface area contributed by atoms with Gasteiger partial charge >= 0.3 is 5.97 Å². The van der Waals surface area contributed by atoms with Crippen LogP contribution >= 0.6 is 11.6 Å². The summed E-state index contributed by atoms with van der Waals surface area (Å²) in [5.41, 5.74) is 11.1. The molecule has 2 aliphatic rings. The predicted molar refractivity (Wildman–Crippen MR) is 166 cm³/mol. The maximum atomic E-state index is 14.3. The predicted octanol–water partition coefficient (Wildman–Crippen LogP) is 5.25. The van der Waals surface area contributed by atoms with Crippen molar-refractivity contribution >= 4 is 46.1 Å². The van der Waals surface area contributed by atoms with E-state index in [9.17, 15) is 9.18 Å². The van der Waals surface area contributed by atoms with Gasteiger partial charge in [-0.15, -0.1) is 0 Å². The molecule has 0 radical (unpaired) electrons. The highest BCUT2D eigenvalue weighted by atomic mass is 35.5. The minimum atomic E-state index is -0.479. The molecule has 12 heteroatoms. The summed E-state index contributed by atoms with van der Waals surface area (Å²) in [6, 6.07) is 11.6. The lowest BCUT2D eigenvalue weighted by atomic mass is 10.0. The second-order valence-corrected chi connectivity index (χ2v) is 11.3. The van der Waals surface area contributed by atoms with Gasteiger partial charge in [-0.25, -0.2) is 19.2 Å². The molecule has 2 aliphatic heterocycles. The minimum Gasteiger partial charge on any atom is -0.471 e. The van der Waals surface area contributed by atoms with Gasteiger partial charge in [-0.1, -0.05) is 23.7 Å². The number of methoxy groups -OCH3 is 1. The van der Waals surface area contributed by atoms with Crippen LogP contribution in [0.5, 0.6) is 5.88 Å². The van der Waals surface area contributed by atoms with Crippen molar-refractivity contribution in [3.8, 4) is 5.88 Å². The van der Waals surface area contributed by atoms with E-state index in [2.05, 4.69) is 20.5 Å². The first kappa shape index (κ1) is 29.7. The Labute approximate surface area is 258 Å². The molecular formula is C32H32ClFN6O4. The molecule has 4 aromatic rings. The van der Waals surface area contributed by atoms with Crippen LogP contribution in [-0.2, 0) is 29.2 Å². The van der Waals surface area contributed by atoms with Gasteiger partial charge in [-0.3, -0.25) is 4.90 Å². The summed E-state index contributed by atoms with van der Waals surface area (Å²) in [6.07, 6.45) is 5.08. The highest BCUT2D eigenvalue weighted by molar-refractivity contribution is 6.30. The molecule has 0 saturated carbocycles. The van der Waals surface area contributed by atoms with Crippen molar-refractivity contribution in [3.63, 3.8) is 0 Å². The quantitative estimate of drug-likeness (QED) is 0.182. The lowest BCUT2D eigenvalue weighted by molar-refractivity contribution is -0.0591. The molecule has 4 heterocycles. The van der Waals surface area contributed by atoms with Crippen LogP contribution in [0.1, 0.15) is 45.8 Å². The average Bonchev–Trinajstić information content (AvgIpc) is 3.34. The van der Waals surface area contributed by atoms with Crippen molar-refractivity contribution in [2.75, 3.05) is 32.5 Å². The largest absolute Gasteiger partial charge is 0.471 e. The average molecular weight is 619 g/mol. The zero-order valence-electron chi connectivity index (χ0n) is 24.2. The monoisotopic (exact) mass is 618 g/mol. The van der Waals surface area contributed by atoms with E-state index in [0.717, 1.165) is 48.2 Å². The van der Waals surface area contributed by atoms with Crippen LogP contribution in [0.25, 0.3) is 16.6 Å². The minimum absolute atomic E-state index is 0.0814. The Morgan fingerprint density at radius 1 is 1.25 bits per heavy atom. The lowest BCUT2D eigenvalue weighted by Gasteiger charge is -2.29. The fourth-order valence-electron chi connectivity index (χ4n) is 5.39. The number of carbonyl (C=O) groups excluding carboxylic acids is 1. The van der Waals surface area contributed by atoms with E-state index >= 15 is 0 Å². The first-order valence-corrected chi connectivity index (χ1v) is 14.7. The number of benzene rings is 2. The topological polar surface area (TPSA) is 129 Å². The van der Waals surface area contributed by atoms with Crippen molar-refractivity contribution in [3.05, 3.63) is 87.6 Å². The molecule has 3 N–H and O–H groups in total. The van der Waals surface area contributed by atoms with Gasteiger partial charge in [0.25, 0.3) is 0 Å². The standard InChI is InChI=1S/C32H32ClFN6O4/c1-42-32(41)20-3-5-26-28(13-20)40(16-24-8-11-43-24)29(37-26)17-39-9-6-19(7-10-39)27-12-22(15-35)30(36)31(38-27)44-18-21-2-4-23(33)14-25(21)34/h2-6,12-15,24,35H,7-11,16-18,36H2,1H3. The summed E-state index contributed by atoms with van der Waals surface area (Å²) in [4.78, 5) is 24.0. The Bertz CT molecular complexity index is 1770. The third-order valence-electron chi connectivity index (χ3n) is 8.01. The maximum absolute atomic E-state index is 14.3. The number of nitrogens with one attached hydrogen (secondary N) is 1. The summed E-state index contributed by atoms with van der Waals surface area (Å²) in [6.45, 7) is 3.35. The number of esters is 1. The van der Waals surface area contributed by atoms with Gasteiger partial charge in [0.05, 0.1) is 48.6 Å². The number of imidazole rings is 1. The van der Waals surface area contributed by atoms with Crippen molar-refractivity contribution < 1.29 is 23.4 Å². The molecule has 1 saturated heterocycles. The van der Waals surface area contributed by atoms with Crippen LogP contribution in [0.4, 0.5) is 10.1 Å². The molecular weight excluding hydrogens is 587 g/mol. The number of hydrogen-bond acceptors (Lipinski definition) is 9. The summed E-state index contributed by atoms with van der Waals surface area (Å²) in [7, 11) is 1.37. The number of nitrogen functional groups attached to an aromatic ring is 1. The molecule has 6 rings (SSSR count). The molecule has 2 aromatic carbocycles. The number of carbonyl (C=O) groups is 1. The molecule has 44 heavy (non-hydrogen) atoms. The highest BCUT2D eigenvalue weighted by Crippen LogP contribution is 2.31. The third kappa shape index (κ3) is 6.17. The highest BCUT2D eigenvalue weighted by Gasteiger charge is 2.24. The van der Waals surface area contributed by atoms with Crippen molar-refractivity contribution in [1.82, 2.24) is 19.4 Å². The SMILES string of the molecule is COC(=O)c1ccc2nc(CN3CC=C(c4cc(C=N)c(N)c(OCc5ccc(Cl)cc5F)n4)CC3)n(CC3CCO3)c2c1. The Morgan fingerprint density at radius 2 is 2.09 bits per heavy atom. The first-order valence-electron chi connectivity index (χ1n) is 14.3. The fraction of sp³-hybridized carbons (Fsp3) is 0.312. The van der Waals surface area contributed by atoms with Crippen molar-refractivity contribution in [2.24, 2.45) is 0 Å². The van der Waals surface area contributed by atoms with Crippen molar-refractivity contribution in [1.29, 1.82) is 5.41 Å². The molecule has 228 valence electrons. The summed E-state index contributed by atoms with van der Waals surface area (Å²) in [5.74, 6) is 0.184. The Balaban J connectivity index is 1.21. The zero-order valence-corrected chi connectivity index (χ0v) is 24.9. The third-order valence-corrected chi connectivity index (χ3v) is 8.24. The summed E-state index contributed by atoms with van der Waals surface area (Å²) < 4.78 is 32.9. The van der Waals surface area contributed by atoms with Crippen LogP contribution < -0.4 is 10.5 Å². The fourth-order valence-corrected chi connectivity index (χ4v) is 5.55. The van der Waals surface area contributed by atoms with E-state index in [-0.39, 0.29) is 30.2 Å². The van der Waals surface area contributed by atoms with Gasteiger partial charge in [-0.05, 0) is 54.8 Å². The molecule has 1 atom stereocenters. The van der Waals surface area contributed by atoms with Gasteiger partial charge in [0.1, 0.15) is 23.9 Å². The van der Waals surface area contributed by atoms with Gasteiger partial charge in [0.2, 0.25) is 5.88 Å². The van der Waals surface area contributed by atoms with E-state index in [1.54, 1.807) is 24.3 Å². The van der Waals surface area contributed by atoms with Crippen LogP contribution in [0.3, 0.4) is 0 Å². The number of halogens is 2. The van der Waals surface area contributed by atoms with Crippen LogP contribution in [-0.4, -0.2) is 64.5 Å². The molecule has 1 unspecified atom stereocenters. The molecule has 2 aromatic heterocycles. The van der Waals surface area contributed by atoms with Gasteiger partial charge in [-0.2, -0.15) is 0 Å². The van der Waals surface area contributed by atoms with E-state index in [1.807, 2.05) is 12.1 Å². The van der Waals surface area contributed by atoms with E-state index in [4.69, 9.17) is 41.9 Å². The van der Waals surface area contributed by atoms with E-state index in [1.165, 1.54) is 13.2 Å². The Morgan fingerprint density at radius 3 is 2.77 bits per heavy atom. The second kappa shape index (κ2) is 12.7. The molecule has 1 fully saturated rings. The van der Waals surface area contributed by atoms with E-state index in [0.29, 0.717) is 53.5 Å². The number of aromatic nitrogens is 3. The lowest BCUT2D eigenvalue weighted by Crippen LogP contribution is -2.33. The number of fused-ring (bicyclic) bond motifs is 1. The maximum Gasteiger partial charge on any atom is 0.337 e. The number of rotatable bonds is 10. The number of ether oxygens (including phenoxy) is 3. The van der Waals surface area contributed by atoms with Crippen LogP contribution in [0.15, 0.2) is 48.5 Å². The molecule has 0 spiro atoms. The number of hydrogen-bond donors (Lipinski definition) is 2. The molecule has 0 aliphatic carbocycles. The molecule has 0 amide bonds. The Kier molecular flexibility index (Phi) is 8.60. The van der Waals surface area contributed by atoms with Crippen LogP contribution in [0, 0.1) is 11.2 Å². The molecule has 10 nitrogen and oxygen atoms in total. The number of anilines is 1. The van der Waals surface area contributed by atoms with Gasteiger partial charge < -0.3 is 29.9 Å².